The van der Waals surface area contributed by atoms with Crippen LogP contribution in [0.3, 0.4) is 0 Å². The van der Waals surface area contributed by atoms with E-state index >= 15 is 0 Å². The lowest BCUT2D eigenvalue weighted by molar-refractivity contribution is 0.607. The number of rotatable bonds is 4. The standard InChI is InChI=1S/C18H16FN3O/c1-2-11-21-17(23)15-5-3-4-6-16(15)22(18(21)20)12-13-7-9-14(19)10-8-13/h2-10,20H,1,11-12H2. The molecule has 2 aromatic carbocycles. The summed E-state index contributed by atoms with van der Waals surface area (Å²) in [6, 6.07) is 13.3. The first-order valence-electron chi connectivity index (χ1n) is 7.24. The van der Waals surface area contributed by atoms with Gasteiger partial charge in [-0.25, -0.2) is 4.39 Å². The minimum atomic E-state index is -0.300. The van der Waals surface area contributed by atoms with Crippen LogP contribution in [0, 0.1) is 11.2 Å². The lowest BCUT2D eigenvalue weighted by atomic mass is 10.2. The number of fused-ring (bicyclic) bond motifs is 1. The van der Waals surface area contributed by atoms with Crippen molar-refractivity contribution in [1.29, 1.82) is 5.41 Å². The second-order valence-electron chi connectivity index (χ2n) is 5.26. The Kier molecular flexibility index (Phi) is 3.93. The number of halogens is 1. The Morgan fingerprint density at radius 2 is 1.78 bits per heavy atom. The van der Waals surface area contributed by atoms with Gasteiger partial charge >= 0.3 is 0 Å². The molecule has 0 amide bonds. The Labute approximate surface area is 132 Å². The third-order valence-electron chi connectivity index (χ3n) is 3.75. The van der Waals surface area contributed by atoms with Crippen molar-refractivity contribution >= 4 is 10.9 Å². The smallest absolute Gasteiger partial charge is 0.262 e. The largest absolute Gasteiger partial charge is 0.307 e. The van der Waals surface area contributed by atoms with Crippen LogP contribution in [0.5, 0.6) is 0 Å². The summed E-state index contributed by atoms with van der Waals surface area (Å²) >= 11 is 0. The van der Waals surface area contributed by atoms with Crippen molar-refractivity contribution in [2.75, 3.05) is 0 Å². The van der Waals surface area contributed by atoms with E-state index < -0.39 is 0 Å². The molecule has 4 nitrogen and oxygen atoms in total. The number of allylic oxidation sites excluding steroid dienone is 1. The van der Waals surface area contributed by atoms with Gasteiger partial charge in [-0.3, -0.25) is 14.8 Å². The van der Waals surface area contributed by atoms with Gasteiger partial charge in [0.25, 0.3) is 5.56 Å². The van der Waals surface area contributed by atoms with E-state index in [1.165, 1.54) is 16.7 Å². The van der Waals surface area contributed by atoms with Gasteiger partial charge in [0.15, 0.2) is 0 Å². The van der Waals surface area contributed by atoms with Gasteiger partial charge in [0.1, 0.15) is 5.82 Å². The van der Waals surface area contributed by atoms with Gasteiger partial charge in [0.05, 0.1) is 17.4 Å². The van der Waals surface area contributed by atoms with E-state index in [1.54, 1.807) is 34.9 Å². The molecule has 0 aliphatic heterocycles. The second-order valence-corrected chi connectivity index (χ2v) is 5.26. The molecule has 3 rings (SSSR count). The van der Waals surface area contributed by atoms with Crippen molar-refractivity contribution in [1.82, 2.24) is 9.13 Å². The minimum Gasteiger partial charge on any atom is -0.307 e. The zero-order valence-electron chi connectivity index (χ0n) is 12.5. The third-order valence-corrected chi connectivity index (χ3v) is 3.75. The van der Waals surface area contributed by atoms with E-state index in [4.69, 9.17) is 5.41 Å². The summed E-state index contributed by atoms with van der Waals surface area (Å²) < 4.78 is 16.2. The summed E-state index contributed by atoms with van der Waals surface area (Å²) in [5.74, 6) is -0.300. The number of aromatic nitrogens is 2. The van der Waals surface area contributed by atoms with E-state index in [1.807, 2.05) is 12.1 Å². The fraction of sp³-hybridized carbons (Fsp3) is 0.111. The Balaban J connectivity index is 2.26. The highest BCUT2D eigenvalue weighted by Crippen LogP contribution is 2.11. The van der Waals surface area contributed by atoms with Crippen molar-refractivity contribution in [2.24, 2.45) is 0 Å². The molecule has 0 fully saturated rings. The maximum atomic E-state index is 13.1. The van der Waals surface area contributed by atoms with Crippen molar-refractivity contribution in [3.05, 3.63) is 88.5 Å². The number of hydrogen-bond acceptors (Lipinski definition) is 2. The van der Waals surface area contributed by atoms with Crippen LogP contribution in [-0.4, -0.2) is 9.13 Å². The van der Waals surface area contributed by atoms with E-state index in [9.17, 15) is 9.18 Å². The predicted molar refractivity (Wildman–Crippen MR) is 87.8 cm³/mol. The fourth-order valence-electron chi connectivity index (χ4n) is 2.62. The normalized spacial score (nSPS) is 10.8. The van der Waals surface area contributed by atoms with Crippen LogP contribution in [0.4, 0.5) is 4.39 Å². The minimum absolute atomic E-state index is 0.0953. The van der Waals surface area contributed by atoms with Crippen LogP contribution >= 0.6 is 0 Å². The summed E-state index contributed by atoms with van der Waals surface area (Å²) in [5.41, 5.74) is 1.43. The third kappa shape index (κ3) is 2.73. The monoisotopic (exact) mass is 309 g/mol. The van der Waals surface area contributed by atoms with Crippen LogP contribution in [0.1, 0.15) is 5.56 Å². The topological polar surface area (TPSA) is 50.8 Å². The number of nitrogens with one attached hydrogen (secondary N) is 1. The van der Waals surface area contributed by atoms with Crippen molar-refractivity contribution in [3.63, 3.8) is 0 Å². The molecule has 5 heteroatoms. The molecule has 23 heavy (non-hydrogen) atoms. The van der Waals surface area contributed by atoms with E-state index in [0.717, 1.165) is 5.56 Å². The molecule has 3 aromatic rings. The van der Waals surface area contributed by atoms with Crippen LogP contribution in [-0.2, 0) is 13.1 Å². The highest BCUT2D eigenvalue weighted by atomic mass is 19.1. The van der Waals surface area contributed by atoms with Crippen LogP contribution < -0.4 is 11.2 Å². The summed E-state index contributed by atoms with van der Waals surface area (Å²) in [7, 11) is 0. The maximum absolute atomic E-state index is 13.1. The summed E-state index contributed by atoms with van der Waals surface area (Å²) in [6.45, 7) is 4.30. The number of para-hydroxylation sites is 1. The Hall–Kier alpha value is -2.95. The van der Waals surface area contributed by atoms with E-state index in [-0.39, 0.29) is 23.5 Å². The number of hydrogen-bond donors (Lipinski definition) is 1. The van der Waals surface area contributed by atoms with Crippen LogP contribution in [0.15, 0.2) is 66.0 Å². The first-order valence-corrected chi connectivity index (χ1v) is 7.24. The van der Waals surface area contributed by atoms with Gasteiger partial charge in [-0.2, -0.15) is 0 Å². The molecule has 1 aromatic heterocycles. The van der Waals surface area contributed by atoms with Crippen molar-refractivity contribution in [3.8, 4) is 0 Å². The number of benzene rings is 2. The molecule has 0 spiro atoms. The molecule has 0 atom stereocenters. The zero-order chi connectivity index (χ0) is 16.4. The molecule has 1 heterocycles. The lowest BCUT2D eigenvalue weighted by Gasteiger charge is -2.15. The van der Waals surface area contributed by atoms with Gasteiger partial charge < -0.3 is 4.57 Å². The van der Waals surface area contributed by atoms with Crippen molar-refractivity contribution in [2.45, 2.75) is 13.1 Å². The van der Waals surface area contributed by atoms with Crippen LogP contribution in [0.2, 0.25) is 0 Å². The highest BCUT2D eigenvalue weighted by Gasteiger charge is 2.10. The molecule has 116 valence electrons. The van der Waals surface area contributed by atoms with Crippen LogP contribution in [0.25, 0.3) is 10.9 Å². The van der Waals surface area contributed by atoms with Gasteiger partial charge in [-0.1, -0.05) is 30.3 Å². The molecule has 0 saturated carbocycles. The first-order chi connectivity index (χ1) is 11.1. The lowest BCUT2D eigenvalue weighted by Crippen LogP contribution is -2.40. The average Bonchev–Trinajstić information content (AvgIpc) is 2.57. The molecular weight excluding hydrogens is 293 g/mol. The van der Waals surface area contributed by atoms with Gasteiger partial charge in [0.2, 0.25) is 5.62 Å². The molecule has 1 N–H and O–H groups in total. The van der Waals surface area contributed by atoms with Crippen molar-refractivity contribution < 1.29 is 4.39 Å². The summed E-state index contributed by atoms with van der Waals surface area (Å²) in [6.07, 6.45) is 1.59. The quantitative estimate of drug-likeness (QED) is 0.740. The highest BCUT2D eigenvalue weighted by molar-refractivity contribution is 5.77. The molecule has 0 bridgehead atoms. The van der Waals surface area contributed by atoms with Gasteiger partial charge in [0, 0.05) is 6.54 Å². The maximum Gasteiger partial charge on any atom is 0.262 e. The summed E-state index contributed by atoms with van der Waals surface area (Å²) in [5, 5.41) is 8.92. The van der Waals surface area contributed by atoms with E-state index in [0.29, 0.717) is 17.4 Å². The van der Waals surface area contributed by atoms with Gasteiger partial charge in [-0.05, 0) is 29.8 Å². The Morgan fingerprint density at radius 3 is 2.48 bits per heavy atom. The SMILES string of the molecule is C=CCn1c(=O)c2ccccc2n(Cc2ccc(F)cc2)c1=N. The number of nitrogens with zero attached hydrogens (tertiary/aromatic N) is 2. The zero-order valence-corrected chi connectivity index (χ0v) is 12.5. The second kappa shape index (κ2) is 6.04. The predicted octanol–water partition coefficient (Wildman–Crippen LogP) is 2.66. The van der Waals surface area contributed by atoms with Gasteiger partial charge in [-0.15, -0.1) is 6.58 Å². The molecule has 0 aliphatic carbocycles. The first kappa shape index (κ1) is 15.0. The molecular formula is C18H16FN3O. The molecule has 0 aliphatic rings. The average molecular weight is 309 g/mol. The molecule has 0 radical (unpaired) electrons. The fourth-order valence-corrected chi connectivity index (χ4v) is 2.62. The van der Waals surface area contributed by atoms with E-state index in [2.05, 4.69) is 6.58 Å². The Morgan fingerprint density at radius 1 is 1.09 bits per heavy atom. The Bertz CT molecular complexity index is 984. The summed E-state index contributed by atoms with van der Waals surface area (Å²) in [4.78, 5) is 12.5. The molecule has 0 saturated heterocycles. The molecule has 0 unspecified atom stereocenters.